The molecule has 2 aromatic rings. The standard InChI is InChI=1S/C15H17FN2O/c1-18(14-6-4-3-5-12(14)16)10-11-7-8-15(19-2)13(17)9-11/h3-9H,10,17H2,1-2H3. The van der Waals surface area contributed by atoms with E-state index >= 15 is 0 Å². The summed E-state index contributed by atoms with van der Waals surface area (Å²) < 4.78 is 18.8. The van der Waals surface area contributed by atoms with Crippen LogP contribution in [-0.2, 0) is 6.54 Å². The normalized spacial score (nSPS) is 10.3. The smallest absolute Gasteiger partial charge is 0.146 e. The van der Waals surface area contributed by atoms with Crippen LogP contribution >= 0.6 is 0 Å². The summed E-state index contributed by atoms with van der Waals surface area (Å²) in [6.07, 6.45) is 0. The van der Waals surface area contributed by atoms with Gasteiger partial charge in [-0.05, 0) is 29.8 Å². The lowest BCUT2D eigenvalue weighted by molar-refractivity contribution is 0.417. The van der Waals surface area contributed by atoms with Crippen molar-refractivity contribution in [3.05, 3.63) is 53.8 Å². The van der Waals surface area contributed by atoms with Gasteiger partial charge >= 0.3 is 0 Å². The van der Waals surface area contributed by atoms with Gasteiger partial charge in [0.05, 0.1) is 18.5 Å². The van der Waals surface area contributed by atoms with E-state index in [2.05, 4.69) is 0 Å². The molecule has 0 amide bonds. The van der Waals surface area contributed by atoms with Gasteiger partial charge in [-0.3, -0.25) is 0 Å². The highest BCUT2D eigenvalue weighted by Gasteiger charge is 2.08. The van der Waals surface area contributed by atoms with Crippen molar-refractivity contribution >= 4 is 11.4 Å². The third-order valence-electron chi connectivity index (χ3n) is 2.98. The molecule has 19 heavy (non-hydrogen) atoms. The van der Waals surface area contributed by atoms with Crippen molar-refractivity contribution in [3.63, 3.8) is 0 Å². The SMILES string of the molecule is COc1ccc(CN(C)c2ccccc2F)cc1N. The predicted molar refractivity (Wildman–Crippen MR) is 75.9 cm³/mol. The maximum atomic E-state index is 13.7. The van der Waals surface area contributed by atoms with Crippen LogP contribution in [0.5, 0.6) is 5.75 Å². The lowest BCUT2D eigenvalue weighted by atomic mass is 10.1. The molecule has 0 aliphatic heterocycles. The van der Waals surface area contributed by atoms with Gasteiger partial charge in [-0.15, -0.1) is 0 Å². The van der Waals surface area contributed by atoms with E-state index in [-0.39, 0.29) is 5.82 Å². The van der Waals surface area contributed by atoms with Crippen molar-refractivity contribution in [1.29, 1.82) is 0 Å². The molecule has 0 fully saturated rings. The van der Waals surface area contributed by atoms with Gasteiger partial charge in [-0.2, -0.15) is 0 Å². The second-order valence-corrected chi connectivity index (χ2v) is 4.38. The first-order chi connectivity index (χ1) is 9.11. The molecule has 2 N–H and O–H groups in total. The fraction of sp³-hybridized carbons (Fsp3) is 0.200. The van der Waals surface area contributed by atoms with E-state index in [4.69, 9.17) is 10.5 Å². The number of nitrogens with zero attached hydrogens (tertiary/aromatic N) is 1. The van der Waals surface area contributed by atoms with Crippen molar-refractivity contribution < 1.29 is 9.13 Å². The van der Waals surface area contributed by atoms with Crippen LogP contribution < -0.4 is 15.4 Å². The van der Waals surface area contributed by atoms with E-state index in [1.165, 1.54) is 6.07 Å². The highest BCUT2D eigenvalue weighted by molar-refractivity contribution is 5.55. The fourth-order valence-corrected chi connectivity index (χ4v) is 2.00. The molecular formula is C15H17FN2O. The van der Waals surface area contributed by atoms with Gasteiger partial charge in [0, 0.05) is 13.6 Å². The first-order valence-corrected chi connectivity index (χ1v) is 6.00. The number of benzene rings is 2. The Morgan fingerprint density at radius 2 is 1.95 bits per heavy atom. The maximum Gasteiger partial charge on any atom is 0.146 e. The average molecular weight is 260 g/mol. The quantitative estimate of drug-likeness (QED) is 0.859. The van der Waals surface area contributed by atoms with Gasteiger partial charge in [0.1, 0.15) is 11.6 Å². The number of methoxy groups -OCH3 is 1. The van der Waals surface area contributed by atoms with Gasteiger partial charge in [0.25, 0.3) is 0 Å². The van der Waals surface area contributed by atoms with Crippen molar-refractivity contribution in [1.82, 2.24) is 0 Å². The Hall–Kier alpha value is -2.23. The molecule has 0 unspecified atom stereocenters. The van der Waals surface area contributed by atoms with Crippen LogP contribution in [-0.4, -0.2) is 14.2 Å². The number of nitrogen functional groups attached to an aromatic ring is 1. The molecule has 0 heterocycles. The Morgan fingerprint density at radius 1 is 1.21 bits per heavy atom. The molecule has 4 heteroatoms. The molecule has 0 aliphatic carbocycles. The van der Waals surface area contributed by atoms with E-state index in [0.29, 0.717) is 23.7 Å². The third kappa shape index (κ3) is 2.96. The summed E-state index contributed by atoms with van der Waals surface area (Å²) in [7, 11) is 3.43. The lowest BCUT2D eigenvalue weighted by Crippen LogP contribution is -2.17. The summed E-state index contributed by atoms with van der Waals surface area (Å²) in [4.78, 5) is 1.84. The third-order valence-corrected chi connectivity index (χ3v) is 2.98. The van der Waals surface area contributed by atoms with Crippen LogP contribution in [0.1, 0.15) is 5.56 Å². The zero-order chi connectivity index (χ0) is 13.8. The first kappa shape index (κ1) is 13.2. The summed E-state index contributed by atoms with van der Waals surface area (Å²) in [6, 6.07) is 12.3. The predicted octanol–water partition coefficient (Wildman–Crippen LogP) is 3.05. The molecule has 0 spiro atoms. The molecule has 0 aliphatic rings. The highest BCUT2D eigenvalue weighted by Crippen LogP contribution is 2.24. The highest BCUT2D eigenvalue weighted by atomic mass is 19.1. The summed E-state index contributed by atoms with van der Waals surface area (Å²) in [5.74, 6) is 0.420. The number of anilines is 2. The van der Waals surface area contributed by atoms with Crippen molar-refractivity contribution in [2.75, 3.05) is 24.8 Å². The molecule has 2 rings (SSSR count). The Balaban J connectivity index is 2.17. The number of ether oxygens (including phenoxy) is 1. The molecule has 0 atom stereocenters. The molecule has 0 saturated carbocycles. The summed E-state index contributed by atoms with van der Waals surface area (Å²) in [6.45, 7) is 0.578. The largest absolute Gasteiger partial charge is 0.495 e. The number of halogens is 1. The van der Waals surface area contributed by atoms with Crippen LogP contribution in [0.2, 0.25) is 0 Å². The number of para-hydroxylation sites is 1. The van der Waals surface area contributed by atoms with Crippen LogP contribution in [0.4, 0.5) is 15.8 Å². The minimum Gasteiger partial charge on any atom is -0.495 e. The number of rotatable bonds is 4. The molecule has 3 nitrogen and oxygen atoms in total. The van der Waals surface area contributed by atoms with E-state index < -0.39 is 0 Å². The molecule has 0 bridgehead atoms. The van der Waals surface area contributed by atoms with Crippen molar-refractivity contribution in [3.8, 4) is 5.75 Å². The van der Waals surface area contributed by atoms with Gasteiger partial charge in [-0.1, -0.05) is 18.2 Å². The maximum absolute atomic E-state index is 13.7. The van der Waals surface area contributed by atoms with Crippen LogP contribution in [0.15, 0.2) is 42.5 Å². The van der Waals surface area contributed by atoms with Crippen LogP contribution in [0.25, 0.3) is 0 Å². The topological polar surface area (TPSA) is 38.5 Å². The second-order valence-electron chi connectivity index (χ2n) is 4.38. The van der Waals surface area contributed by atoms with E-state index in [1.54, 1.807) is 19.2 Å². The molecule has 100 valence electrons. The number of nitrogens with two attached hydrogens (primary N) is 1. The van der Waals surface area contributed by atoms with Gasteiger partial charge in [0.2, 0.25) is 0 Å². The Morgan fingerprint density at radius 3 is 2.58 bits per heavy atom. The monoisotopic (exact) mass is 260 g/mol. The zero-order valence-electron chi connectivity index (χ0n) is 11.1. The number of hydrogen-bond donors (Lipinski definition) is 1. The van der Waals surface area contributed by atoms with Crippen molar-refractivity contribution in [2.24, 2.45) is 0 Å². The molecule has 0 saturated heterocycles. The molecule has 0 aromatic heterocycles. The first-order valence-electron chi connectivity index (χ1n) is 6.00. The number of hydrogen-bond acceptors (Lipinski definition) is 3. The van der Waals surface area contributed by atoms with Gasteiger partial charge in [0.15, 0.2) is 0 Å². The Kier molecular flexibility index (Phi) is 3.90. The molecule has 0 radical (unpaired) electrons. The van der Waals surface area contributed by atoms with Crippen LogP contribution in [0, 0.1) is 5.82 Å². The molecule has 2 aromatic carbocycles. The van der Waals surface area contributed by atoms with E-state index in [9.17, 15) is 4.39 Å². The van der Waals surface area contributed by atoms with Gasteiger partial charge < -0.3 is 15.4 Å². The van der Waals surface area contributed by atoms with Crippen molar-refractivity contribution in [2.45, 2.75) is 6.54 Å². The fourth-order valence-electron chi connectivity index (χ4n) is 2.00. The zero-order valence-corrected chi connectivity index (χ0v) is 11.1. The van der Waals surface area contributed by atoms with E-state index in [0.717, 1.165) is 5.56 Å². The van der Waals surface area contributed by atoms with E-state index in [1.807, 2.05) is 36.2 Å². The molecular weight excluding hydrogens is 243 g/mol. The summed E-state index contributed by atoms with van der Waals surface area (Å²) in [5.41, 5.74) is 8.01. The summed E-state index contributed by atoms with van der Waals surface area (Å²) in [5, 5.41) is 0. The van der Waals surface area contributed by atoms with Crippen LogP contribution in [0.3, 0.4) is 0 Å². The minimum atomic E-state index is -0.230. The minimum absolute atomic E-state index is 0.230. The Labute approximate surface area is 112 Å². The average Bonchev–Trinajstić information content (AvgIpc) is 2.39. The van der Waals surface area contributed by atoms with Gasteiger partial charge in [-0.25, -0.2) is 4.39 Å². The second kappa shape index (κ2) is 5.61. The lowest BCUT2D eigenvalue weighted by Gasteiger charge is -2.20. The summed E-state index contributed by atoms with van der Waals surface area (Å²) >= 11 is 0. The Bertz CT molecular complexity index is 572.